The van der Waals surface area contributed by atoms with E-state index in [1.807, 2.05) is 30.3 Å². The van der Waals surface area contributed by atoms with Crippen molar-refractivity contribution >= 4 is 27.5 Å². The fourth-order valence-electron chi connectivity index (χ4n) is 4.23. The minimum atomic E-state index is -3.52. The van der Waals surface area contributed by atoms with E-state index in [0.29, 0.717) is 37.8 Å². The molecule has 4 rings (SSSR count). The highest BCUT2D eigenvalue weighted by Gasteiger charge is 2.34. The van der Waals surface area contributed by atoms with E-state index in [2.05, 4.69) is 12.2 Å². The second-order valence-electron chi connectivity index (χ2n) is 8.76. The Kier molecular flexibility index (Phi) is 6.62. The average molecular weight is 456 g/mol. The molecule has 0 aliphatic carbocycles. The summed E-state index contributed by atoms with van der Waals surface area (Å²) in [6.07, 6.45) is 1.92. The SMILES string of the molecule is CC1CCN(S(=O)(=O)c2ccc(NC(=O)C3CC(=O)N(Cc4ccccc4)C3)cc2)CC1. The Bertz CT molecular complexity index is 1060. The summed E-state index contributed by atoms with van der Waals surface area (Å²) in [5.41, 5.74) is 1.55. The predicted octanol–water partition coefficient (Wildman–Crippen LogP) is 3.09. The predicted molar refractivity (Wildman–Crippen MR) is 122 cm³/mol. The first kappa shape index (κ1) is 22.5. The summed E-state index contributed by atoms with van der Waals surface area (Å²) < 4.78 is 27.2. The monoisotopic (exact) mass is 455 g/mol. The molecule has 2 fully saturated rings. The molecule has 1 unspecified atom stereocenters. The van der Waals surface area contributed by atoms with Gasteiger partial charge in [0.1, 0.15) is 0 Å². The average Bonchev–Trinajstić information content (AvgIpc) is 3.15. The van der Waals surface area contributed by atoms with Crippen LogP contribution in [-0.4, -0.2) is 49.1 Å². The van der Waals surface area contributed by atoms with Crippen LogP contribution in [0.15, 0.2) is 59.5 Å². The van der Waals surface area contributed by atoms with E-state index >= 15 is 0 Å². The van der Waals surface area contributed by atoms with Gasteiger partial charge >= 0.3 is 0 Å². The Balaban J connectivity index is 1.35. The molecule has 2 heterocycles. The van der Waals surface area contributed by atoms with Crippen LogP contribution >= 0.6 is 0 Å². The summed E-state index contributed by atoms with van der Waals surface area (Å²) in [7, 11) is -3.52. The minimum Gasteiger partial charge on any atom is -0.338 e. The van der Waals surface area contributed by atoms with Crippen molar-refractivity contribution in [1.82, 2.24) is 9.21 Å². The van der Waals surface area contributed by atoms with E-state index in [1.165, 1.54) is 16.4 Å². The lowest BCUT2D eigenvalue weighted by Crippen LogP contribution is -2.37. The van der Waals surface area contributed by atoms with Gasteiger partial charge in [-0.05, 0) is 48.6 Å². The molecule has 0 saturated carbocycles. The van der Waals surface area contributed by atoms with E-state index < -0.39 is 15.9 Å². The first-order valence-corrected chi connectivity index (χ1v) is 12.5. The maximum Gasteiger partial charge on any atom is 0.243 e. The molecule has 2 aromatic rings. The van der Waals surface area contributed by atoms with Crippen LogP contribution in [0.2, 0.25) is 0 Å². The summed E-state index contributed by atoms with van der Waals surface area (Å²) in [5.74, 6) is -0.143. The summed E-state index contributed by atoms with van der Waals surface area (Å²) in [5, 5.41) is 2.83. The van der Waals surface area contributed by atoms with E-state index in [9.17, 15) is 18.0 Å². The Morgan fingerprint density at radius 1 is 1.03 bits per heavy atom. The zero-order chi connectivity index (χ0) is 22.7. The molecule has 0 aromatic heterocycles. The molecule has 2 amide bonds. The minimum absolute atomic E-state index is 0.0358. The van der Waals surface area contributed by atoms with Crippen LogP contribution in [0.4, 0.5) is 5.69 Å². The normalized spacial score (nSPS) is 20.5. The highest BCUT2D eigenvalue weighted by molar-refractivity contribution is 7.89. The highest BCUT2D eigenvalue weighted by Crippen LogP contribution is 2.25. The fraction of sp³-hybridized carbons (Fsp3) is 0.417. The van der Waals surface area contributed by atoms with Gasteiger partial charge < -0.3 is 10.2 Å². The van der Waals surface area contributed by atoms with Crippen LogP contribution in [0.1, 0.15) is 31.7 Å². The van der Waals surface area contributed by atoms with Gasteiger partial charge in [-0.2, -0.15) is 4.31 Å². The number of benzene rings is 2. The van der Waals surface area contributed by atoms with Crippen molar-refractivity contribution in [3.63, 3.8) is 0 Å². The lowest BCUT2D eigenvalue weighted by Gasteiger charge is -2.29. The molecule has 170 valence electrons. The Labute approximate surface area is 189 Å². The van der Waals surface area contributed by atoms with Gasteiger partial charge in [0.05, 0.1) is 10.8 Å². The number of carbonyl (C=O) groups excluding carboxylic acids is 2. The van der Waals surface area contributed by atoms with Gasteiger partial charge in [0.15, 0.2) is 0 Å². The smallest absolute Gasteiger partial charge is 0.243 e. The first-order valence-electron chi connectivity index (χ1n) is 11.1. The molecule has 2 aliphatic rings. The molecule has 32 heavy (non-hydrogen) atoms. The molecule has 1 N–H and O–H groups in total. The summed E-state index contributed by atoms with van der Waals surface area (Å²) >= 11 is 0. The fourth-order valence-corrected chi connectivity index (χ4v) is 5.70. The van der Waals surface area contributed by atoms with Gasteiger partial charge in [-0.15, -0.1) is 0 Å². The van der Waals surface area contributed by atoms with Gasteiger partial charge in [-0.1, -0.05) is 37.3 Å². The number of anilines is 1. The van der Waals surface area contributed by atoms with Gasteiger partial charge in [0.25, 0.3) is 0 Å². The molecule has 7 nitrogen and oxygen atoms in total. The maximum absolute atomic E-state index is 12.9. The lowest BCUT2D eigenvalue weighted by atomic mass is 10.0. The number of likely N-dealkylation sites (tertiary alicyclic amines) is 1. The van der Waals surface area contributed by atoms with Crippen LogP contribution in [0.3, 0.4) is 0 Å². The number of nitrogens with one attached hydrogen (secondary N) is 1. The van der Waals surface area contributed by atoms with Gasteiger partial charge in [-0.25, -0.2) is 8.42 Å². The first-order chi connectivity index (χ1) is 15.3. The number of rotatable bonds is 6. The lowest BCUT2D eigenvalue weighted by molar-refractivity contribution is -0.128. The Morgan fingerprint density at radius 3 is 2.34 bits per heavy atom. The molecule has 0 spiro atoms. The second kappa shape index (κ2) is 9.42. The molecule has 1 atom stereocenters. The van der Waals surface area contributed by atoms with Gasteiger partial charge in [0, 0.05) is 38.3 Å². The molecule has 2 aromatic carbocycles. The number of hydrogen-bond acceptors (Lipinski definition) is 4. The second-order valence-corrected chi connectivity index (χ2v) is 10.7. The summed E-state index contributed by atoms with van der Waals surface area (Å²) in [6.45, 7) is 4.08. The molecular formula is C24H29N3O4S. The highest BCUT2D eigenvalue weighted by atomic mass is 32.2. The van der Waals surface area contributed by atoms with Crippen molar-refractivity contribution < 1.29 is 18.0 Å². The molecule has 0 radical (unpaired) electrons. The molecule has 8 heteroatoms. The van der Waals surface area contributed by atoms with Crippen molar-refractivity contribution in [2.45, 2.75) is 37.6 Å². The molecule has 2 saturated heterocycles. The van der Waals surface area contributed by atoms with Crippen molar-refractivity contribution in [3.05, 3.63) is 60.2 Å². The Morgan fingerprint density at radius 2 is 1.69 bits per heavy atom. The van der Waals surface area contributed by atoms with Crippen LogP contribution < -0.4 is 5.32 Å². The number of nitrogens with zero attached hydrogens (tertiary/aromatic N) is 2. The summed E-state index contributed by atoms with van der Waals surface area (Å²) in [4.78, 5) is 27.0. The zero-order valence-corrected chi connectivity index (χ0v) is 19.1. The maximum atomic E-state index is 12.9. The van der Waals surface area contributed by atoms with Crippen LogP contribution in [0.25, 0.3) is 0 Å². The van der Waals surface area contributed by atoms with E-state index in [1.54, 1.807) is 17.0 Å². The van der Waals surface area contributed by atoms with Crippen molar-refractivity contribution in [3.8, 4) is 0 Å². The number of sulfonamides is 1. The Hall–Kier alpha value is -2.71. The van der Waals surface area contributed by atoms with Crippen LogP contribution in [-0.2, 0) is 26.2 Å². The largest absolute Gasteiger partial charge is 0.338 e. The van der Waals surface area contributed by atoms with Crippen LogP contribution in [0.5, 0.6) is 0 Å². The number of amides is 2. The zero-order valence-electron chi connectivity index (χ0n) is 18.2. The number of hydrogen-bond donors (Lipinski definition) is 1. The molecular weight excluding hydrogens is 426 g/mol. The van der Waals surface area contributed by atoms with Crippen molar-refractivity contribution in [2.24, 2.45) is 11.8 Å². The summed E-state index contributed by atoms with van der Waals surface area (Å²) in [6, 6.07) is 16.0. The molecule has 0 bridgehead atoms. The number of carbonyl (C=O) groups is 2. The standard InChI is InChI=1S/C24H29N3O4S/c1-18-11-13-27(14-12-18)32(30,31)22-9-7-21(8-10-22)25-24(29)20-15-23(28)26(17-20)16-19-5-3-2-4-6-19/h2-10,18,20H,11-17H2,1H3,(H,25,29). The quantitative estimate of drug-likeness (QED) is 0.725. The van der Waals surface area contributed by atoms with Gasteiger partial charge in [0.2, 0.25) is 21.8 Å². The van der Waals surface area contributed by atoms with Crippen LogP contribution in [0, 0.1) is 11.8 Å². The van der Waals surface area contributed by atoms with E-state index in [0.717, 1.165) is 18.4 Å². The van der Waals surface area contributed by atoms with E-state index in [4.69, 9.17) is 0 Å². The third kappa shape index (κ3) is 5.02. The number of piperidine rings is 1. The third-order valence-electron chi connectivity index (χ3n) is 6.30. The van der Waals surface area contributed by atoms with Crippen molar-refractivity contribution in [2.75, 3.05) is 25.0 Å². The van der Waals surface area contributed by atoms with E-state index in [-0.39, 0.29) is 23.1 Å². The molecule has 2 aliphatic heterocycles. The van der Waals surface area contributed by atoms with Gasteiger partial charge in [-0.3, -0.25) is 9.59 Å². The topological polar surface area (TPSA) is 86.8 Å². The van der Waals surface area contributed by atoms with Crippen molar-refractivity contribution in [1.29, 1.82) is 0 Å². The third-order valence-corrected chi connectivity index (χ3v) is 8.22.